The first-order valence-corrected chi connectivity index (χ1v) is 6.38. The lowest BCUT2D eigenvalue weighted by atomic mass is 9.95. The summed E-state index contributed by atoms with van der Waals surface area (Å²) in [5, 5.41) is 0. The van der Waals surface area contributed by atoms with Crippen LogP contribution in [0.2, 0.25) is 0 Å². The maximum atomic E-state index is 11.1. The fourth-order valence-corrected chi connectivity index (χ4v) is 2.27. The summed E-state index contributed by atoms with van der Waals surface area (Å²) in [6, 6.07) is 7.50. The molecule has 1 aromatic carbocycles. The topological polar surface area (TPSA) is 81.6 Å². The van der Waals surface area contributed by atoms with Gasteiger partial charge in [-0.3, -0.25) is 9.69 Å². The number of hydrogen-bond donors (Lipinski definition) is 2. The number of amides is 1. The first-order chi connectivity index (χ1) is 9.01. The number of carbonyl (C=O) groups excluding carboxylic acids is 1. The summed E-state index contributed by atoms with van der Waals surface area (Å²) >= 11 is 0. The lowest BCUT2D eigenvalue weighted by molar-refractivity contribution is -0.119. The van der Waals surface area contributed by atoms with Crippen LogP contribution in [0, 0.1) is 0 Å². The van der Waals surface area contributed by atoms with Gasteiger partial charge in [0.15, 0.2) is 0 Å². The Bertz CT molecular complexity index is 423. The summed E-state index contributed by atoms with van der Waals surface area (Å²) < 4.78 is 5.38. The molecule has 0 bridgehead atoms. The fourth-order valence-electron chi connectivity index (χ4n) is 2.27. The zero-order valence-electron chi connectivity index (χ0n) is 11.8. The number of nitrogens with two attached hydrogens (primary N) is 2. The Kier molecular flexibility index (Phi) is 5.79. The SMILES string of the molecule is CCC(N)C(c1ccccc1OC)N(C)CC(N)=O. The van der Waals surface area contributed by atoms with E-state index in [4.69, 9.17) is 16.2 Å². The van der Waals surface area contributed by atoms with Crippen LogP contribution in [0.5, 0.6) is 5.75 Å². The number of methoxy groups -OCH3 is 1. The number of carbonyl (C=O) groups is 1. The van der Waals surface area contributed by atoms with E-state index < -0.39 is 0 Å². The summed E-state index contributed by atoms with van der Waals surface area (Å²) in [5.74, 6) is 0.401. The molecule has 4 N–H and O–H groups in total. The molecule has 0 aliphatic heterocycles. The van der Waals surface area contributed by atoms with Crippen molar-refractivity contribution in [1.82, 2.24) is 4.90 Å². The van der Waals surface area contributed by atoms with Crippen LogP contribution in [0.25, 0.3) is 0 Å². The van der Waals surface area contributed by atoms with Gasteiger partial charge in [0.1, 0.15) is 5.75 Å². The van der Waals surface area contributed by atoms with Crippen molar-refractivity contribution >= 4 is 5.91 Å². The van der Waals surface area contributed by atoms with Gasteiger partial charge in [-0.05, 0) is 19.5 Å². The molecule has 0 heterocycles. The van der Waals surface area contributed by atoms with Crippen molar-refractivity contribution in [2.24, 2.45) is 11.5 Å². The quantitative estimate of drug-likeness (QED) is 0.767. The number of primary amides is 1. The highest BCUT2D eigenvalue weighted by Gasteiger charge is 2.26. The molecule has 1 amide bonds. The number of ether oxygens (including phenoxy) is 1. The summed E-state index contributed by atoms with van der Waals surface area (Å²) in [7, 11) is 3.47. The van der Waals surface area contributed by atoms with Gasteiger partial charge in [0, 0.05) is 11.6 Å². The van der Waals surface area contributed by atoms with Crippen molar-refractivity contribution in [3.8, 4) is 5.75 Å². The lowest BCUT2D eigenvalue weighted by Gasteiger charge is -2.32. The lowest BCUT2D eigenvalue weighted by Crippen LogP contribution is -2.42. The van der Waals surface area contributed by atoms with Gasteiger partial charge >= 0.3 is 0 Å². The van der Waals surface area contributed by atoms with Crippen molar-refractivity contribution in [3.63, 3.8) is 0 Å². The molecule has 0 aliphatic carbocycles. The van der Waals surface area contributed by atoms with Crippen LogP contribution in [-0.4, -0.2) is 37.6 Å². The molecule has 0 saturated heterocycles. The molecule has 1 aromatic rings. The number of nitrogens with zero attached hydrogens (tertiary/aromatic N) is 1. The molecule has 0 saturated carbocycles. The summed E-state index contributed by atoms with van der Waals surface area (Å²) in [6.45, 7) is 2.18. The fraction of sp³-hybridized carbons (Fsp3) is 0.500. The van der Waals surface area contributed by atoms with Crippen molar-refractivity contribution in [2.45, 2.75) is 25.4 Å². The van der Waals surface area contributed by atoms with Crippen LogP contribution in [0.3, 0.4) is 0 Å². The summed E-state index contributed by atoms with van der Waals surface area (Å²) in [5.41, 5.74) is 12.4. The molecular weight excluding hydrogens is 242 g/mol. The van der Waals surface area contributed by atoms with Gasteiger partial charge in [0.25, 0.3) is 0 Å². The Morgan fingerprint density at radius 3 is 2.58 bits per heavy atom. The predicted molar refractivity (Wildman–Crippen MR) is 75.8 cm³/mol. The molecule has 5 heteroatoms. The van der Waals surface area contributed by atoms with Gasteiger partial charge in [-0.15, -0.1) is 0 Å². The molecule has 0 aromatic heterocycles. The summed E-state index contributed by atoms with van der Waals surface area (Å²) in [6.07, 6.45) is 0.797. The van der Waals surface area contributed by atoms with Crippen molar-refractivity contribution < 1.29 is 9.53 Å². The van der Waals surface area contributed by atoms with Gasteiger partial charge in [0.2, 0.25) is 5.91 Å². The highest BCUT2D eigenvalue weighted by molar-refractivity contribution is 5.76. The Labute approximate surface area is 114 Å². The Hall–Kier alpha value is -1.59. The van der Waals surface area contributed by atoms with Crippen LogP contribution in [0.15, 0.2) is 24.3 Å². The molecule has 19 heavy (non-hydrogen) atoms. The van der Waals surface area contributed by atoms with E-state index in [0.717, 1.165) is 17.7 Å². The normalized spacial score (nSPS) is 14.2. The standard InChI is InChI=1S/C14H23N3O2/c1-4-11(15)14(17(2)9-13(16)18)10-7-5-6-8-12(10)19-3/h5-8,11,14H,4,9,15H2,1-3H3,(H2,16,18). The molecule has 0 fully saturated rings. The Morgan fingerprint density at radius 1 is 1.42 bits per heavy atom. The van der Waals surface area contributed by atoms with Gasteiger partial charge in [-0.2, -0.15) is 0 Å². The molecule has 0 aliphatic rings. The van der Waals surface area contributed by atoms with Crippen LogP contribution in [0.1, 0.15) is 24.9 Å². The molecule has 0 radical (unpaired) electrons. The van der Waals surface area contributed by atoms with E-state index in [0.29, 0.717) is 0 Å². The van der Waals surface area contributed by atoms with Gasteiger partial charge in [-0.1, -0.05) is 25.1 Å². The Balaban J connectivity index is 3.12. The zero-order valence-corrected chi connectivity index (χ0v) is 11.8. The average Bonchev–Trinajstić information content (AvgIpc) is 2.38. The molecule has 0 spiro atoms. The first kappa shape index (κ1) is 15.5. The van der Waals surface area contributed by atoms with E-state index in [-0.39, 0.29) is 24.5 Å². The number of likely N-dealkylation sites (N-methyl/N-ethyl adjacent to an activating group) is 1. The van der Waals surface area contributed by atoms with Crippen LogP contribution in [-0.2, 0) is 4.79 Å². The number of hydrogen-bond acceptors (Lipinski definition) is 4. The van der Waals surface area contributed by atoms with E-state index in [1.54, 1.807) is 7.11 Å². The predicted octanol–water partition coefficient (Wildman–Crippen LogP) is 0.891. The van der Waals surface area contributed by atoms with Crippen LogP contribution < -0.4 is 16.2 Å². The van der Waals surface area contributed by atoms with E-state index in [1.807, 2.05) is 43.1 Å². The maximum Gasteiger partial charge on any atom is 0.231 e. The third kappa shape index (κ3) is 3.94. The highest BCUT2D eigenvalue weighted by atomic mass is 16.5. The van der Waals surface area contributed by atoms with Crippen molar-refractivity contribution in [2.75, 3.05) is 20.7 Å². The summed E-state index contributed by atoms with van der Waals surface area (Å²) in [4.78, 5) is 13.0. The number of para-hydroxylation sites is 1. The van der Waals surface area contributed by atoms with Gasteiger partial charge in [0.05, 0.1) is 19.7 Å². The van der Waals surface area contributed by atoms with Crippen LogP contribution >= 0.6 is 0 Å². The average molecular weight is 265 g/mol. The zero-order chi connectivity index (χ0) is 14.4. The third-order valence-electron chi connectivity index (χ3n) is 3.21. The molecule has 1 rings (SSSR count). The van der Waals surface area contributed by atoms with Crippen molar-refractivity contribution in [1.29, 1.82) is 0 Å². The minimum Gasteiger partial charge on any atom is -0.496 e. The first-order valence-electron chi connectivity index (χ1n) is 6.38. The molecule has 5 nitrogen and oxygen atoms in total. The second-order valence-electron chi connectivity index (χ2n) is 4.64. The molecular formula is C14H23N3O2. The highest BCUT2D eigenvalue weighted by Crippen LogP contribution is 2.31. The Morgan fingerprint density at radius 2 is 2.05 bits per heavy atom. The van der Waals surface area contributed by atoms with Gasteiger partial charge < -0.3 is 16.2 Å². The number of benzene rings is 1. The third-order valence-corrected chi connectivity index (χ3v) is 3.21. The molecule has 106 valence electrons. The largest absolute Gasteiger partial charge is 0.496 e. The minimum atomic E-state index is -0.370. The van der Waals surface area contributed by atoms with E-state index in [2.05, 4.69) is 0 Å². The van der Waals surface area contributed by atoms with E-state index in [1.165, 1.54) is 0 Å². The van der Waals surface area contributed by atoms with Crippen LogP contribution in [0.4, 0.5) is 0 Å². The molecule has 2 unspecified atom stereocenters. The van der Waals surface area contributed by atoms with E-state index in [9.17, 15) is 4.79 Å². The maximum absolute atomic E-state index is 11.1. The second-order valence-corrected chi connectivity index (χ2v) is 4.64. The minimum absolute atomic E-state index is 0.0966. The second kappa shape index (κ2) is 7.11. The smallest absolute Gasteiger partial charge is 0.231 e. The van der Waals surface area contributed by atoms with Gasteiger partial charge in [-0.25, -0.2) is 0 Å². The van der Waals surface area contributed by atoms with E-state index >= 15 is 0 Å². The number of rotatable bonds is 7. The molecule has 2 atom stereocenters. The monoisotopic (exact) mass is 265 g/mol. The van der Waals surface area contributed by atoms with Crippen molar-refractivity contribution in [3.05, 3.63) is 29.8 Å².